The van der Waals surface area contributed by atoms with E-state index in [1.165, 1.54) is 12.5 Å². The Morgan fingerprint density at radius 1 is 1.56 bits per heavy atom. The highest BCUT2D eigenvalue weighted by Gasteiger charge is 2.50. The number of allylic oxidation sites excluding steroid dienone is 1. The molecular weight excluding hydrogens is 208 g/mol. The van der Waals surface area contributed by atoms with Gasteiger partial charge in [-0.15, -0.1) is 0 Å². The zero-order chi connectivity index (χ0) is 12.2. The zero-order valence-electron chi connectivity index (χ0n) is 10.2. The molecule has 0 saturated carbocycles. The van der Waals surface area contributed by atoms with Crippen molar-refractivity contribution in [2.24, 2.45) is 0 Å². The average molecular weight is 228 g/mol. The van der Waals surface area contributed by atoms with Gasteiger partial charge >= 0.3 is 5.97 Å². The lowest BCUT2D eigenvalue weighted by atomic mass is 10.0. The van der Waals surface area contributed by atoms with Gasteiger partial charge in [-0.05, 0) is 32.8 Å². The summed E-state index contributed by atoms with van der Waals surface area (Å²) in [5.74, 6) is -0.262. The van der Waals surface area contributed by atoms with E-state index in [0.717, 1.165) is 12.8 Å². The van der Waals surface area contributed by atoms with E-state index in [9.17, 15) is 4.79 Å². The molecule has 1 N–H and O–H groups in total. The van der Waals surface area contributed by atoms with Gasteiger partial charge in [-0.25, -0.2) is 0 Å². The molecule has 0 radical (unpaired) electrons. The van der Waals surface area contributed by atoms with Gasteiger partial charge in [-0.2, -0.15) is 0 Å². The lowest BCUT2D eigenvalue weighted by molar-refractivity contribution is -0.139. The summed E-state index contributed by atoms with van der Waals surface area (Å²) in [6.07, 6.45) is 3.87. The first kappa shape index (κ1) is 13.2. The number of hydrogen-bond donors (Lipinski definition) is 1. The monoisotopic (exact) mass is 228 g/mol. The Morgan fingerprint density at radius 3 is 2.75 bits per heavy atom. The standard InChI is InChI=1S/C12H20O4/c1-9(6-7-15-10(2)14)4-5-11-12(3,8-13)16-11/h6,11,13H,4-5,7-8H2,1-3H3/b9-6+/t11-,12-/m1/s1. The summed E-state index contributed by atoms with van der Waals surface area (Å²) in [6.45, 7) is 5.73. The number of ether oxygens (including phenoxy) is 2. The molecule has 2 atom stereocenters. The first-order valence-corrected chi connectivity index (χ1v) is 5.55. The van der Waals surface area contributed by atoms with Crippen LogP contribution in [0.3, 0.4) is 0 Å². The third-order valence-corrected chi connectivity index (χ3v) is 2.87. The van der Waals surface area contributed by atoms with Crippen molar-refractivity contribution >= 4 is 5.97 Å². The maximum Gasteiger partial charge on any atom is 0.302 e. The summed E-state index contributed by atoms with van der Waals surface area (Å²) in [5.41, 5.74) is 0.855. The van der Waals surface area contributed by atoms with Crippen molar-refractivity contribution in [2.75, 3.05) is 13.2 Å². The van der Waals surface area contributed by atoms with E-state index in [0.29, 0.717) is 6.61 Å². The average Bonchev–Trinajstić information content (AvgIpc) is 2.87. The van der Waals surface area contributed by atoms with Crippen molar-refractivity contribution in [3.05, 3.63) is 11.6 Å². The first-order chi connectivity index (χ1) is 7.48. The number of esters is 1. The number of carbonyl (C=O) groups is 1. The molecule has 0 aromatic carbocycles. The number of aliphatic hydroxyl groups is 1. The lowest BCUT2D eigenvalue weighted by Gasteiger charge is -2.02. The molecule has 0 aromatic rings. The third-order valence-electron chi connectivity index (χ3n) is 2.87. The van der Waals surface area contributed by atoms with Gasteiger partial charge in [0.1, 0.15) is 12.2 Å². The Hall–Kier alpha value is -0.870. The van der Waals surface area contributed by atoms with Gasteiger partial charge in [0.25, 0.3) is 0 Å². The summed E-state index contributed by atoms with van der Waals surface area (Å²) in [7, 11) is 0. The largest absolute Gasteiger partial charge is 0.462 e. The fourth-order valence-corrected chi connectivity index (χ4v) is 1.56. The smallest absolute Gasteiger partial charge is 0.302 e. The van der Waals surface area contributed by atoms with Crippen LogP contribution in [0.1, 0.15) is 33.6 Å². The van der Waals surface area contributed by atoms with Crippen LogP contribution in [-0.2, 0) is 14.3 Å². The van der Waals surface area contributed by atoms with E-state index >= 15 is 0 Å². The molecule has 0 aliphatic carbocycles. The highest BCUT2D eigenvalue weighted by Crippen LogP contribution is 2.39. The molecule has 0 bridgehead atoms. The second-order valence-electron chi connectivity index (χ2n) is 4.47. The Balaban J connectivity index is 2.16. The zero-order valence-corrected chi connectivity index (χ0v) is 10.2. The molecule has 1 aliphatic rings. The lowest BCUT2D eigenvalue weighted by Crippen LogP contribution is -2.15. The maximum atomic E-state index is 10.5. The number of rotatable bonds is 6. The van der Waals surface area contributed by atoms with E-state index in [-0.39, 0.29) is 24.3 Å². The molecule has 16 heavy (non-hydrogen) atoms. The Labute approximate surface area is 96.2 Å². The molecule has 1 fully saturated rings. The molecule has 4 heteroatoms. The first-order valence-electron chi connectivity index (χ1n) is 5.55. The van der Waals surface area contributed by atoms with Gasteiger partial charge in [0.2, 0.25) is 0 Å². The maximum absolute atomic E-state index is 10.5. The summed E-state index contributed by atoms with van der Waals surface area (Å²) in [5, 5.41) is 9.01. The minimum Gasteiger partial charge on any atom is -0.462 e. The van der Waals surface area contributed by atoms with E-state index in [1.54, 1.807) is 0 Å². The predicted molar refractivity (Wildman–Crippen MR) is 60.0 cm³/mol. The summed E-state index contributed by atoms with van der Waals surface area (Å²) >= 11 is 0. The van der Waals surface area contributed by atoms with Crippen LogP contribution in [0.25, 0.3) is 0 Å². The van der Waals surface area contributed by atoms with Crippen molar-refractivity contribution in [1.29, 1.82) is 0 Å². The van der Waals surface area contributed by atoms with Crippen LogP contribution in [-0.4, -0.2) is 36.0 Å². The number of carbonyl (C=O) groups excluding carboxylic acids is 1. The molecule has 1 rings (SSSR count). The van der Waals surface area contributed by atoms with Gasteiger partial charge in [-0.1, -0.05) is 5.57 Å². The third kappa shape index (κ3) is 3.94. The highest BCUT2D eigenvalue weighted by molar-refractivity contribution is 5.66. The summed E-state index contributed by atoms with van der Waals surface area (Å²) < 4.78 is 10.2. The van der Waals surface area contributed by atoms with Crippen molar-refractivity contribution in [3.63, 3.8) is 0 Å². The van der Waals surface area contributed by atoms with Crippen molar-refractivity contribution in [2.45, 2.75) is 45.3 Å². The van der Waals surface area contributed by atoms with E-state index in [1.807, 2.05) is 19.9 Å². The van der Waals surface area contributed by atoms with Gasteiger partial charge in [0.15, 0.2) is 0 Å². The van der Waals surface area contributed by atoms with E-state index < -0.39 is 0 Å². The van der Waals surface area contributed by atoms with Gasteiger partial charge in [0.05, 0.1) is 12.7 Å². The van der Waals surface area contributed by atoms with Crippen molar-refractivity contribution in [1.82, 2.24) is 0 Å². The number of aliphatic hydroxyl groups excluding tert-OH is 1. The van der Waals surface area contributed by atoms with Crippen LogP contribution in [0.4, 0.5) is 0 Å². The van der Waals surface area contributed by atoms with Crippen molar-refractivity contribution in [3.8, 4) is 0 Å². The fourth-order valence-electron chi connectivity index (χ4n) is 1.56. The van der Waals surface area contributed by atoms with Crippen LogP contribution < -0.4 is 0 Å². The van der Waals surface area contributed by atoms with Crippen LogP contribution in [0.5, 0.6) is 0 Å². The van der Waals surface area contributed by atoms with E-state index in [4.69, 9.17) is 14.6 Å². The minimum atomic E-state index is -0.323. The SMILES string of the molecule is CC(=O)OC/C=C(\C)CC[C@H]1O[C@]1(C)CO. The Bertz CT molecular complexity index is 285. The van der Waals surface area contributed by atoms with Crippen LogP contribution >= 0.6 is 0 Å². The van der Waals surface area contributed by atoms with Crippen LogP contribution in [0, 0.1) is 0 Å². The van der Waals surface area contributed by atoms with Crippen LogP contribution in [0.2, 0.25) is 0 Å². The molecule has 1 saturated heterocycles. The molecule has 1 heterocycles. The minimum absolute atomic E-state index is 0.0773. The summed E-state index contributed by atoms with van der Waals surface area (Å²) in [6, 6.07) is 0. The molecule has 4 nitrogen and oxygen atoms in total. The van der Waals surface area contributed by atoms with E-state index in [2.05, 4.69) is 0 Å². The van der Waals surface area contributed by atoms with Gasteiger partial charge < -0.3 is 14.6 Å². The number of hydrogen-bond acceptors (Lipinski definition) is 4. The molecule has 0 spiro atoms. The normalized spacial score (nSPS) is 29.0. The van der Waals surface area contributed by atoms with Crippen LogP contribution in [0.15, 0.2) is 11.6 Å². The topological polar surface area (TPSA) is 59.1 Å². The fraction of sp³-hybridized carbons (Fsp3) is 0.750. The second-order valence-corrected chi connectivity index (χ2v) is 4.47. The second kappa shape index (κ2) is 5.46. The summed E-state index contributed by atoms with van der Waals surface area (Å²) in [4.78, 5) is 10.5. The molecule has 1 aliphatic heterocycles. The van der Waals surface area contributed by atoms with Gasteiger partial charge in [-0.3, -0.25) is 4.79 Å². The predicted octanol–water partition coefficient (Wildman–Crippen LogP) is 1.43. The number of epoxide rings is 1. The van der Waals surface area contributed by atoms with Gasteiger partial charge in [0, 0.05) is 6.92 Å². The molecule has 92 valence electrons. The van der Waals surface area contributed by atoms with Crippen molar-refractivity contribution < 1.29 is 19.4 Å². The highest BCUT2D eigenvalue weighted by atomic mass is 16.6. The molecular formula is C12H20O4. The molecule has 0 aromatic heterocycles. The molecule has 0 unspecified atom stereocenters. The Kier molecular flexibility index (Phi) is 4.50. The quantitative estimate of drug-likeness (QED) is 0.424. The Morgan fingerprint density at radius 2 is 2.25 bits per heavy atom. The molecule has 0 amide bonds.